The van der Waals surface area contributed by atoms with E-state index >= 15 is 0 Å². The van der Waals surface area contributed by atoms with E-state index in [1.807, 2.05) is 49.3 Å². The average molecular weight is 404 g/mol. The first kappa shape index (κ1) is 20.0. The molecule has 1 aliphatic heterocycles. The summed E-state index contributed by atoms with van der Waals surface area (Å²) in [7, 11) is 3.83. The fraction of sp³-hybridized carbons (Fsp3) is 0.250. The largest absolute Gasteiger partial charge is 0.366 e. The van der Waals surface area contributed by atoms with Crippen molar-refractivity contribution in [2.75, 3.05) is 30.9 Å². The van der Waals surface area contributed by atoms with E-state index in [0.717, 1.165) is 17.7 Å². The molecule has 1 aliphatic rings. The lowest BCUT2D eigenvalue weighted by molar-refractivity contribution is 0.0989. The molecule has 2 aromatic carbocycles. The second-order valence-electron chi connectivity index (χ2n) is 7.78. The van der Waals surface area contributed by atoms with Gasteiger partial charge in [-0.3, -0.25) is 4.79 Å². The Morgan fingerprint density at radius 1 is 1.17 bits per heavy atom. The smallest absolute Gasteiger partial charge is 0.259 e. The normalized spacial score (nSPS) is 12.9. The van der Waals surface area contributed by atoms with Gasteiger partial charge in [-0.15, -0.1) is 0 Å². The van der Waals surface area contributed by atoms with Crippen molar-refractivity contribution in [3.05, 3.63) is 88.9 Å². The molecule has 0 spiro atoms. The van der Waals surface area contributed by atoms with Gasteiger partial charge in [-0.05, 0) is 55.9 Å². The van der Waals surface area contributed by atoms with Gasteiger partial charge in [-0.1, -0.05) is 30.3 Å². The first-order valence-corrected chi connectivity index (χ1v) is 10.0. The molecule has 5 nitrogen and oxygen atoms in total. The standard InChI is InChI=1S/C24H25FN4O/c1-28(2)16-20-8-7-17(13-21(20)25)14-26-23-10-9-19(15-27-23)24(30)29-12-11-18-5-3-4-6-22(18)29/h3-10,13,15H,11-12,14,16H2,1-2H3,(H,26,27). The number of benzene rings is 2. The molecular weight excluding hydrogens is 379 g/mol. The van der Waals surface area contributed by atoms with Crippen LogP contribution < -0.4 is 10.2 Å². The van der Waals surface area contributed by atoms with Crippen molar-refractivity contribution in [3.8, 4) is 0 Å². The zero-order valence-electron chi connectivity index (χ0n) is 17.2. The number of pyridine rings is 1. The van der Waals surface area contributed by atoms with Gasteiger partial charge in [-0.25, -0.2) is 9.37 Å². The third kappa shape index (κ3) is 4.33. The molecule has 0 aliphatic carbocycles. The summed E-state index contributed by atoms with van der Waals surface area (Å²) in [5, 5.41) is 3.19. The number of anilines is 2. The minimum atomic E-state index is -0.206. The topological polar surface area (TPSA) is 48.5 Å². The molecule has 0 bridgehead atoms. The quantitative estimate of drug-likeness (QED) is 0.672. The van der Waals surface area contributed by atoms with Crippen LogP contribution in [-0.4, -0.2) is 36.4 Å². The van der Waals surface area contributed by atoms with Crippen molar-refractivity contribution in [1.82, 2.24) is 9.88 Å². The number of amides is 1. The van der Waals surface area contributed by atoms with Gasteiger partial charge in [0.05, 0.1) is 5.56 Å². The maximum absolute atomic E-state index is 14.2. The predicted molar refractivity (Wildman–Crippen MR) is 117 cm³/mol. The molecule has 1 N–H and O–H groups in total. The van der Waals surface area contributed by atoms with Crippen molar-refractivity contribution in [2.24, 2.45) is 0 Å². The van der Waals surface area contributed by atoms with Gasteiger partial charge < -0.3 is 15.1 Å². The van der Waals surface area contributed by atoms with Gasteiger partial charge in [0.25, 0.3) is 5.91 Å². The van der Waals surface area contributed by atoms with E-state index in [0.29, 0.717) is 36.6 Å². The summed E-state index contributed by atoms with van der Waals surface area (Å²) in [6.07, 6.45) is 2.46. The van der Waals surface area contributed by atoms with E-state index < -0.39 is 0 Å². The SMILES string of the molecule is CN(C)Cc1ccc(CNc2ccc(C(=O)N3CCc4ccccc43)cn2)cc1F. The summed E-state index contributed by atoms with van der Waals surface area (Å²) in [5.41, 5.74) is 4.24. The van der Waals surface area contributed by atoms with Crippen LogP contribution in [0.2, 0.25) is 0 Å². The predicted octanol–water partition coefficient (Wildman–Crippen LogP) is 4.10. The summed E-state index contributed by atoms with van der Waals surface area (Å²) in [5.74, 6) is 0.395. The molecular formula is C24H25FN4O. The first-order chi connectivity index (χ1) is 14.5. The Kier molecular flexibility index (Phi) is 5.77. The van der Waals surface area contributed by atoms with Crippen LogP contribution in [0.4, 0.5) is 15.9 Å². The van der Waals surface area contributed by atoms with Gasteiger partial charge >= 0.3 is 0 Å². The Balaban J connectivity index is 1.39. The summed E-state index contributed by atoms with van der Waals surface area (Å²) < 4.78 is 14.2. The third-order valence-corrected chi connectivity index (χ3v) is 5.22. The number of hydrogen-bond donors (Lipinski definition) is 1. The second-order valence-corrected chi connectivity index (χ2v) is 7.78. The van der Waals surface area contributed by atoms with Gasteiger partial charge in [0.15, 0.2) is 0 Å². The molecule has 0 saturated heterocycles. The molecule has 154 valence electrons. The molecule has 1 amide bonds. The van der Waals surface area contributed by atoms with Gasteiger partial charge in [0.2, 0.25) is 0 Å². The van der Waals surface area contributed by atoms with Crippen molar-refractivity contribution in [1.29, 1.82) is 0 Å². The number of nitrogens with zero attached hydrogens (tertiary/aromatic N) is 3. The lowest BCUT2D eigenvalue weighted by Crippen LogP contribution is -2.28. The summed E-state index contributed by atoms with van der Waals surface area (Å²) >= 11 is 0. The van der Waals surface area contributed by atoms with Crippen LogP contribution in [0.5, 0.6) is 0 Å². The van der Waals surface area contributed by atoms with Crippen molar-refractivity contribution < 1.29 is 9.18 Å². The van der Waals surface area contributed by atoms with Crippen LogP contribution in [0.1, 0.15) is 27.0 Å². The first-order valence-electron chi connectivity index (χ1n) is 10.0. The molecule has 3 aromatic rings. The van der Waals surface area contributed by atoms with E-state index in [4.69, 9.17) is 0 Å². The Morgan fingerprint density at radius 3 is 2.73 bits per heavy atom. The summed E-state index contributed by atoms with van der Waals surface area (Å²) in [4.78, 5) is 21.0. The molecule has 0 radical (unpaired) electrons. The van der Waals surface area contributed by atoms with Crippen LogP contribution in [0.25, 0.3) is 0 Å². The minimum absolute atomic E-state index is 0.0439. The van der Waals surface area contributed by atoms with Gasteiger partial charge in [0, 0.05) is 37.1 Å². The van der Waals surface area contributed by atoms with Crippen LogP contribution in [0, 0.1) is 5.82 Å². The van der Waals surface area contributed by atoms with Crippen molar-refractivity contribution in [3.63, 3.8) is 0 Å². The minimum Gasteiger partial charge on any atom is -0.366 e. The highest BCUT2D eigenvalue weighted by Gasteiger charge is 2.25. The maximum Gasteiger partial charge on any atom is 0.259 e. The molecule has 1 aromatic heterocycles. The fourth-order valence-corrected chi connectivity index (χ4v) is 3.69. The number of carbonyl (C=O) groups excluding carboxylic acids is 1. The molecule has 0 unspecified atom stereocenters. The Hall–Kier alpha value is -3.25. The Bertz CT molecular complexity index is 1050. The number of rotatable bonds is 6. The lowest BCUT2D eigenvalue weighted by atomic mass is 10.1. The van der Waals surface area contributed by atoms with Crippen LogP contribution >= 0.6 is 0 Å². The number of carbonyl (C=O) groups is 1. The van der Waals surface area contributed by atoms with E-state index in [-0.39, 0.29) is 11.7 Å². The molecule has 0 saturated carbocycles. The monoisotopic (exact) mass is 404 g/mol. The number of aromatic nitrogens is 1. The molecule has 0 atom stereocenters. The third-order valence-electron chi connectivity index (χ3n) is 5.22. The Morgan fingerprint density at radius 2 is 2.00 bits per heavy atom. The van der Waals surface area contributed by atoms with E-state index in [2.05, 4.69) is 16.4 Å². The number of para-hydroxylation sites is 1. The average Bonchev–Trinajstić information content (AvgIpc) is 3.18. The summed E-state index contributed by atoms with van der Waals surface area (Å²) in [6, 6.07) is 16.8. The Labute approximate surface area is 176 Å². The molecule has 0 fully saturated rings. The van der Waals surface area contributed by atoms with Crippen molar-refractivity contribution >= 4 is 17.4 Å². The highest BCUT2D eigenvalue weighted by Crippen LogP contribution is 2.28. The van der Waals surface area contributed by atoms with E-state index in [1.54, 1.807) is 29.3 Å². The van der Waals surface area contributed by atoms with E-state index in [1.165, 1.54) is 5.56 Å². The number of hydrogen-bond acceptors (Lipinski definition) is 4. The lowest BCUT2D eigenvalue weighted by Gasteiger charge is -2.17. The zero-order chi connectivity index (χ0) is 21.1. The van der Waals surface area contributed by atoms with Crippen molar-refractivity contribution in [2.45, 2.75) is 19.5 Å². The van der Waals surface area contributed by atoms with Crippen LogP contribution in [0.15, 0.2) is 60.8 Å². The highest BCUT2D eigenvalue weighted by molar-refractivity contribution is 6.07. The van der Waals surface area contributed by atoms with E-state index in [9.17, 15) is 9.18 Å². The number of nitrogens with one attached hydrogen (secondary N) is 1. The highest BCUT2D eigenvalue weighted by atomic mass is 19.1. The second kappa shape index (κ2) is 8.63. The number of halogens is 1. The zero-order valence-corrected chi connectivity index (χ0v) is 17.2. The van der Waals surface area contributed by atoms with Crippen LogP contribution in [0.3, 0.4) is 0 Å². The van der Waals surface area contributed by atoms with Gasteiger partial charge in [-0.2, -0.15) is 0 Å². The molecule has 2 heterocycles. The molecule has 30 heavy (non-hydrogen) atoms. The number of fused-ring (bicyclic) bond motifs is 1. The summed E-state index contributed by atoms with van der Waals surface area (Å²) in [6.45, 7) is 1.71. The molecule has 6 heteroatoms. The fourth-order valence-electron chi connectivity index (χ4n) is 3.69. The molecule has 4 rings (SSSR count). The maximum atomic E-state index is 14.2. The van der Waals surface area contributed by atoms with Crippen LogP contribution in [-0.2, 0) is 19.5 Å². The van der Waals surface area contributed by atoms with Gasteiger partial charge in [0.1, 0.15) is 11.6 Å².